The Morgan fingerprint density at radius 2 is 1.78 bits per heavy atom. The smallest absolute Gasteiger partial charge is 0.325 e. The normalized spacial score (nSPS) is 12.4. The Morgan fingerprint density at radius 3 is 2.39 bits per heavy atom. The van der Waals surface area contributed by atoms with Gasteiger partial charge in [0.25, 0.3) is 0 Å². The lowest BCUT2D eigenvalue weighted by molar-refractivity contribution is -0.147. The summed E-state index contributed by atoms with van der Waals surface area (Å²) < 4.78 is 10.4. The summed E-state index contributed by atoms with van der Waals surface area (Å²) in [6.07, 6.45) is 7.49. The van der Waals surface area contributed by atoms with Crippen LogP contribution in [0.2, 0.25) is 0 Å². The van der Waals surface area contributed by atoms with Crippen molar-refractivity contribution in [2.75, 3.05) is 26.9 Å². The van der Waals surface area contributed by atoms with Crippen molar-refractivity contribution in [2.45, 2.75) is 58.4 Å². The standard InChI is InChI=1S/C14H29NO3/c1-4-6-7-8-9-10-11-17-12-13(15-3)14(16)18-5-2/h13,15H,4-12H2,1-3H3. The SMILES string of the molecule is CCCCCCCCOCC(NC)C(=O)OCC. The zero-order chi connectivity index (χ0) is 13.6. The molecule has 0 aromatic carbocycles. The lowest BCUT2D eigenvalue weighted by Crippen LogP contribution is -2.39. The summed E-state index contributed by atoms with van der Waals surface area (Å²) in [5, 5.41) is 2.91. The van der Waals surface area contributed by atoms with Crippen LogP contribution in [0.1, 0.15) is 52.4 Å². The minimum absolute atomic E-state index is 0.233. The highest BCUT2D eigenvalue weighted by Gasteiger charge is 2.17. The summed E-state index contributed by atoms with van der Waals surface area (Å²) in [6, 6.07) is -0.343. The van der Waals surface area contributed by atoms with E-state index >= 15 is 0 Å². The fourth-order valence-corrected chi connectivity index (χ4v) is 1.70. The van der Waals surface area contributed by atoms with Crippen LogP contribution >= 0.6 is 0 Å². The second-order valence-corrected chi connectivity index (χ2v) is 4.44. The largest absolute Gasteiger partial charge is 0.465 e. The zero-order valence-corrected chi connectivity index (χ0v) is 12.2. The van der Waals surface area contributed by atoms with Gasteiger partial charge in [-0.3, -0.25) is 4.79 Å². The van der Waals surface area contributed by atoms with Gasteiger partial charge < -0.3 is 14.8 Å². The van der Waals surface area contributed by atoms with Crippen LogP contribution in [0, 0.1) is 0 Å². The van der Waals surface area contributed by atoms with Crippen LogP contribution < -0.4 is 5.32 Å². The Hall–Kier alpha value is -0.610. The molecule has 0 aliphatic heterocycles. The summed E-state index contributed by atoms with van der Waals surface area (Å²) in [5.41, 5.74) is 0. The maximum atomic E-state index is 11.4. The Kier molecular flexibility index (Phi) is 12.4. The molecule has 0 saturated carbocycles. The molecule has 0 aromatic rings. The average Bonchev–Trinajstić information content (AvgIpc) is 2.37. The average molecular weight is 259 g/mol. The summed E-state index contributed by atoms with van der Waals surface area (Å²) in [6.45, 7) is 5.56. The number of carbonyl (C=O) groups is 1. The van der Waals surface area contributed by atoms with Gasteiger partial charge in [0.2, 0.25) is 0 Å². The molecule has 18 heavy (non-hydrogen) atoms. The maximum absolute atomic E-state index is 11.4. The molecule has 0 aliphatic carbocycles. The summed E-state index contributed by atoms with van der Waals surface area (Å²) in [7, 11) is 1.75. The Bertz CT molecular complexity index is 197. The van der Waals surface area contributed by atoms with E-state index in [0.717, 1.165) is 13.0 Å². The Balaban J connectivity index is 3.42. The maximum Gasteiger partial charge on any atom is 0.325 e. The van der Waals surface area contributed by atoms with E-state index in [2.05, 4.69) is 12.2 Å². The minimum atomic E-state index is -0.343. The van der Waals surface area contributed by atoms with Crippen molar-refractivity contribution in [2.24, 2.45) is 0 Å². The van der Waals surface area contributed by atoms with Crippen LogP contribution in [0.15, 0.2) is 0 Å². The summed E-state index contributed by atoms with van der Waals surface area (Å²) in [4.78, 5) is 11.4. The summed E-state index contributed by atoms with van der Waals surface area (Å²) in [5.74, 6) is -0.233. The molecular weight excluding hydrogens is 230 g/mol. The number of ether oxygens (including phenoxy) is 2. The zero-order valence-electron chi connectivity index (χ0n) is 12.2. The van der Waals surface area contributed by atoms with Crippen molar-refractivity contribution in [3.63, 3.8) is 0 Å². The van der Waals surface area contributed by atoms with E-state index in [4.69, 9.17) is 9.47 Å². The molecule has 1 atom stereocenters. The van der Waals surface area contributed by atoms with Gasteiger partial charge in [-0.25, -0.2) is 0 Å². The molecule has 1 unspecified atom stereocenters. The van der Waals surface area contributed by atoms with E-state index in [1.807, 2.05) is 6.92 Å². The van der Waals surface area contributed by atoms with E-state index in [-0.39, 0.29) is 12.0 Å². The third-order valence-corrected chi connectivity index (χ3v) is 2.85. The van der Waals surface area contributed by atoms with Gasteiger partial charge in [0.05, 0.1) is 13.2 Å². The van der Waals surface area contributed by atoms with Crippen molar-refractivity contribution >= 4 is 5.97 Å². The first-order valence-electron chi connectivity index (χ1n) is 7.17. The highest BCUT2D eigenvalue weighted by molar-refractivity contribution is 5.75. The molecule has 108 valence electrons. The molecule has 0 saturated heterocycles. The molecule has 0 bridgehead atoms. The van der Waals surface area contributed by atoms with Crippen molar-refractivity contribution in [3.8, 4) is 0 Å². The second-order valence-electron chi connectivity index (χ2n) is 4.44. The molecule has 0 amide bonds. The van der Waals surface area contributed by atoms with Crippen molar-refractivity contribution in [3.05, 3.63) is 0 Å². The van der Waals surface area contributed by atoms with Gasteiger partial charge in [-0.2, -0.15) is 0 Å². The van der Waals surface area contributed by atoms with Crippen LogP contribution in [0.25, 0.3) is 0 Å². The van der Waals surface area contributed by atoms with Gasteiger partial charge in [0.1, 0.15) is 6.04 Å². The van der Waals surface area contributed by atoms with Gasteiger partial charge in [-0.1, -0.05) is 39.0 Å². The Labute approximate surface area is 111 Å². The molecular formula is C14H29NO3. The second kappa shape index (κ2) is 12.8. The number of esters is 1. The first-order valence-corrected chi connectivity index (χ1v) is 7.17. The van der Waals surface area contributed by atoms with E-state index in [0.29, 0.717) is 13.2 Å². The number of nitrogens with one attached hydrogen (secondary N) is 1. The van der Waals surface area contributed by atoms with Crippen LogP contribution in [0.4, 0.5) is 0 Å². The van der Waals surface area contributed by atoms with Gasteiger partial charge >= 0.3 is 5.97 Å². The predicted octanol–water partition coefficient (Wildman–Crippen LogP) is 2.51. The van der Waals surface area contributed by atoms with Crippen LogP contribution in [0.3, 0.4) is 0 Å². The minimum Gasteiger partial charge on any atom is -0.465 e. The Morgan fingerprint density at radius 1 is 1.11 bits per heavy atom. The molecule has 0 aromatic heterocycles. The first kappa shape index (κ1) is 17.4. The van der Waals surface area contributed by atoms with Crippen LogP contribution in [-0.2, 0) is 14.3 Å². The molecule has 0 spiro atoms. The first-order chi connectivity index (χ1) is 8.76. The molecule has 4 heteroatoms. The molecule has 0 radical (unpaired) electrons. The summed E-state index contributed by atoms with van der Waals surface area (Å²) >= 11 is 0. The topological polar surface area (TPSA) is 47.6 Å². The lowest BCUT2D eigenvalue weighted by atomic mass is 10.1. The molecule has 0 rings (SSSR count). The third-order valence-electron chi connectivity index (χ3n) is 2.85. The third kappa shape index (κ3) is 9.42. The fraction of sp³-hybridized carbons (Fsp3) is 0.929. The number of likely N-dealkylation sites (N-methyl/N-ethyl adjacent to an activating group) is 1. The van der Waals surface area contributed by atoms with E-state index < -0.39 is 0 Å². The van der Waals surface area contributed by atoms with Crippen molar-refractivity contribution in [1.82, 2.24) is 5.32 Å². The van der Waals surface area contributed by atoms with Crippen LogP contribution in [-0.4, -0.2) is 38.9 Å². The number of unbranched alkanes of at least 4 members (excludes halogenated alkanes) is 5. The van der Waals surface area contributed by atoms with Crippen LogP contribution in [0.5, 0.6) is 0 Å². The number of hydrogen-bond acceptors (Lipinski definition) is 4. The highest BCUT2D eigenvalue weighted by Crippen LogP contribution is 2.05. The van der Waals surface area contributed by atoms with Crippen molar-refractivity contribution < 1.29 is 14.3 Å². The molecule has 4 nitrogen and oxygen atoms in total. The monoisotopic (exact) mass is 259 g/mol. The van der Waals surface area contributed by atoms with Gasteiger partial charge in [-0.15, -0.1) is 0 Å². The lowest BCUT2D eigenvalue weighted by Gasteiger charge is -2.14. The molecule has 0 fully saturated rings. The highest BCUT2D eigenvalue weighted by atomic mass is 16.5. The number of rotatable bonds is 12. The fourth-order valence-electron chi connectivity index (χ4n) is 1.70. The molecule has 1 N–H and O–H groups in total. The van der Waals surface area contributed by atoms with Gasteiger partial charge in [0.15, 0.2) is 0 Å². The molecule has 0 heterocycles. The predicted molar refractivity (Wildman–Crippen MR) is 73.7 cm³/mol. The van der Waals surface area contributed by atoms with E-state index in [9.17, 15) is 4.79 Å². The van der Waals surface area contributed by atoms with E-state index in [1.165, 1.54) is 32.1 Å². The van der Waals surface area contributed by atoms with Gasteiger partial charge in [0, 0.05) is 6.61 Å². The molecule has 0 aliphatic rings. The van der Waals surface area contributed by atoms with E-state index in [1.54, 1.807) is 7.05 Å². The van der Waals surface area contributed by atoms with Crippen molar-refractivity contribution in [1.29, 1.82) is 0 Å². The quantitative estimate of drug-likeness (QED) is 0.432. The number of hydrogen-bond donors (Lipinski definition) is 1. The van der Waals surface area contributed by atoms with Gasteiger partial charge in [-0.05, 0) is 20.4 Å². The number of carbonyl (C=O) groups excluding carboxylic acids is 1.